The first-order chi connectivity index (χ1) is 9.43. The minimum Gasteiger partial charge on any atom is -0.327 e. The summed E-state index contributed by atoms with van der Waals surface area (Å²) in [6, 6.07) is 7.62. The Kier molecular flexibility index (Phi) is 4.98. The maximum Gasteiger partial charge on any atom is 0.175 e. The normalized spacial score (nSPS) is 29.1. The van der Waals surface area contributed by atoms with Gasteiger partial charge in [0.05, 0.1) is 4.90 Å². The molecule has 0 radical (unpaired) electrons. The summed E-state index contributed by atoms with van der Waals surface area (Å²) >= 11 is 0. The molecule has 21 heavy (non-hydrogen) atoms. The highest BCUT2D eigenvalue weighted by Crippen LogP contribution is 2.37. The lowest BCUT2D eigenvalue weighted by Gasteiger charge is -2.18. The highest BCUT2D eigenvalue weighted by molar-refractivity contribution is 7.90. The number of halogens is 1. The van der Waals surface area contributed by atoms with Gasteiger partial charge >= 0.3 is 0 Å². The van der Waals surface area contributed by atoms with Crippen LogP contribution in [-0.4, -0.2) is 38.7 Å². The topological polar surface area (TPSA) is 63.4 Å². The van der Waals surface area contributed by atoms with Crippen molar-refractivity contribution >= 4 is 22.2 Å². The van der Waals surface area contributed by atoms with Crippen molar-refractivity contribution in [3.8, 4) is 0 Å². The van der Waals surface area contributed by atoms with Crippen molar-refractivity contribution in [3.05, 3.63) is 29.8 Å². The summed E-state index contributed by atoms with van der Waals surface area (Å²) in [4.78, 5) is 2.84. The molecule has 0 bridgehead atoms. The second-order valence-corrected chi connectivity index (χ2v) is 8.29. The van der Waals surface area contributed by atoms with Crippen LogP contribution in [-0.2, 0) is 16.4 Å². The third kappa shape index (κ3) is 3.59. The Balaban J connectivity index is 0.00000161. The quantitative estimate of drug-likeness (QED) is 0.916. The SMILES string of the molecule is CS(=O)(=O)c1ccc(CN2CC3CCC(N)C3C2)cc1.Cl. The van der Waals surface area contributed by atoms with Gasteiger partial charge in [0.1, 0.15) is 0 Å². The Morgan fingerprint density at radius 1 is 1.19 bits per heavy atom. The molecule has 0 amide bonds. The van der Waals surface area contributed by atoms with Crippen molar-refractivity contribution < 1.29 is 8.42 Å². The molecule has 1 aromatic rings. The summed E-state index contributed by atoms with van der Waals surface area (Å²) in [5.74, 6) is 1.42. The largest absolute Gasteiger partial charge is 0.327 e. The zero-order chi connectivity index (χ0) is 14.3. The number of sulfone groups is 1. The van der Waals surface area contributed by atoms with E-state index in [4.69, 9.17) is 5.73 Å². The first-order valence-corrected chi connectivity index (χ1v) is 9.09. The van der Waals surface area contributed by atoms with E-state index in [-0.39, 0.29) is 12.4 Å². The Morgan fingerprint density at radius 2 is 1.86 bits per heavy atom. The van der Waals surface area contributed by atoms with E-state index in [1.165, 1.54) is 24.7 Å². The number of rotatable bonds is 3. The van der Waals surface area contributed by atoms with E-state index in [9.17, 15) is 8.42 Å². The van der Waals surface area contributed by atoms with Gasteiger partial charge in [-0.3, -0.25) is 4.90 Å². The summed E-state index contributed by atoms with van der Waals surface area (Å²) in [6.07, 6.45) is 3.67. The fourth-order valence-electron chi connectivity index (χ4n) is 3.63. The molecule has 1 heterocycles. The molecule has 6 heteroatoms. The maximum atomic E-state index is 11.4. The van der Waals surface area contributed by atoms with Crippen molar-refractivity contribution in [2.45, 2.75) is 30.3 Å². The highest BCUT2D eigenvalue weighted by atomic mass is 35.5. The lowest BCUT2D eigenvalue weighted by atomic mass is 9.98. The predicted octanol–water partition coefficient (Wildman–Crippen LogP) is 1.68. The predicted molar refractivity (Wildman–Crippen MR) is 86.3 cm³/mol. The molecule has 3 atom stereocenters. The Morgan fingerprint density at radius 3 is 2.43 bits per heavy atom. The number of likely N-dealkylation sites (tertiary alicyclic amines) is 1. The molecule has 0 spiro atoms. The number of hydrogen-bond acceptors (Lipinski definition) is 4. The van der Waals surface area contributed by atoms with Gasteiger partial charge in [-0.1, -0.05) is 12.1 Å². The fourth-order valence-corrected chi connectivity index (χ4v) is 4.26. The number of hydrogen-bond donors (Lipinski definition) is 1. The Hall–Kier alpha value is -0.620. The van der Waals surface area contributed by atoms with Crippen molar-refractivity contribution in [1.82, 2.24) is 4.90 Å². The zero-order valence-corrected chi connectivity index (χ0v) is 13.9. The smallest absolute Gasteiger partial charge is 0.175 e. The second-order valence-electron chi connectivity index (χ2n) is 6.28. The van der Waals surface area contributed by atoms with Gasteiger partial charge in [0.15, 0.2) is 9.84 Å². The number of benzene rings is 1. The van der Waals surface area contributed by atoms with E-state index in [0.717, 1.165) is 25.6 Å². The van der Waals surface area contributed by atoms with Crippen LogP contribution in [0, 0.1) is 11.8 Å². The molecule has 3 rings (SSSR count). The summed E-state index contributed by atoms with van der Waals surface area (Å²) in [6.45, 7) is 3.11. The van der Waals surface area contributed by atoms with Crippen LogP contribution < -0.4 is 5.73 Å². The average molecular weight is 331 g/mol. The van der Waals surface area contributed by atoms with Gasteiger partial charge in [-0.2, -0.15) is 0 Å². The Bertz CT molecular complexity index is 588. The molecule has 2 aliphatic rings. The van der Waals surface area contributed by atoms with E-state index >= 15 is 0 Å². The van der Waals surface area contributed by atoms with Gasteiger partial charge < -0.3 is 5.73 Å². The van der Waals surface area contributed by atoms with Crippen molar-refractivity contribution in [2.24, 2.45) is 17.6 Å². The van der Waals surface area contributed by atoms with Crippen molar-refractivity contribution in [2.75, 3.05) is 19.3 Å². The average Bonchev–Trinajstić information content (AvgIpc) is 2.92. The molecule has 1 aliphatic heterocycles. The molecule has 1 aromatic carbocycles. The van der Waals surface area contributed by atoms with Gasteiger partial charge in [-0.25, -0.2) is 8.42 Å². The Labute approximate surface area is 133 Å². The molecule has 2 fully saturated rings. The minimum atomic E-state index is -3.10. The second kappa shape index (κ2) is 6.24. The first-order valence-electron chi connectivity index (χ1n) is 7.20. The molecule has 1 saturated carbocycles. The monoisotopic (exact) mass is 330 g/mol. The maximum absolute atomic E-state index is 11.4. The van der Waals surface area contributed by atoms with Crippen molar-refractivity contribution in [3.63, 3.8) is 0 Å². The van der Waals surface area contributed by atoms with E-state index in [1.807, 2.05) is 12.1 Å². The third-order valence-corrected chi connectivity index (χ3v) is 5.87. The summed E-state index contributed by atoms with van der Waals surface area (Å²) in [7, 11) is -3.10. The van der Waals surface area contributed by atoms with Gasteiger partial charge in [-0.05, 0) is 42.4 Å². The fraction of sp³-hybridized carbons (Fsp3) is 0.600. The lowest BCUT2D eigenvalue weighted by molar-refractivity contribution is 0.298. The van der Waals surface area contributed by atoms with Crippen LogP contribution in [0.25, 0.3) is 0 Å². The van der Waals surface area contributed by atoms with Crippen LogP contribution in [0.15, 0.2) is 29.2 Å². The van der Waals surface area contributed by atoms with E-state index < -0.39 is 9.84 Å². The first kappa shape index (κ1) is 16.7. The zero-order valence-electron chi connectivity index (χ0n) is 12.2. The number of nitrogens with zero attached hydrogens (tertiary/aromatic N) is 1. The van der Waals surface area contributed by atoms with Gasteiger partial charge in [0.2, 0.25) is 0 Å². The molecule has 2 N–H and O–H groups in total. The molecule has 4 nitrogen and oxygen atoms in total. The van der Waals surface area contributed by atoms with E-state index in [0.29, 0.717) is 16.9 Å². The van der Waals surface area contributed by atoms with Gasteiger partial charge in [0.25, 0.3) is 0 Å². The van der Waals surface area contributed by atoms with Gasteiger partial charge in [0, 0.05) is 31.9 Å². The van der Waals surface area contributed by atoms with Crippen LogP contribution in [0.4, 0.5) is 0 Å². The highest BCUT2D eigenvalue weighted by Gasteiger charge is 2.40. The van der Waals surface area contributed by atoms with E-state index in [2.05, 4.69) is 4.90 Å². The molecule has 1 aliphatic carbocycles. The molecule has 0 aromatic heterocycles. The lowest BCUT2D eigenvalue weighted by Crippen LogP contribution is -2.30. The molecule has 1 saturated heterocycles. The van der Waals surface area contributed by atoms with Crippen LogP contribution >= 0.6 is 12.4 Å². The minimum absolute atomic E-state index is 0. The standard InChI is InChI=1S/C15H22N2O2S.ClH/c1-20(18,19)13-5-2-11(3-6-13)8-17-9-12-4-7-15(16)14(12)10-17;/h2-3,5-6,12,14-15H,4,7-10,16H2,1H3;1H. The molecular weight excluding hydrogens is 308 g/mol. The van der Waals surface area contributed by atoms with Crippen molar-refractivity contribution in [1.29, 1.82) is 0 Å². The van der Waals surface area contributed by atoms with Crippen LogP contribution in [0.3, 0.4) is 0 Å². The van der Waals surface area contributed by atoms with Crippen LogP contribution in [0.5, 0.6) is 0 Å². The van der Waals surface area contributed by atoms with Gasteiger partial charge in [-0.15, -0.1) is 12.4 Å². The third-order valence-electron chi connectivity index (χ3n) is 4.75. The number of nitrogens with two attached hydrogens (primary N) is 1. The number of fused-ring (bicyclic) bond motifs is 1. The van der Waals surface area contributed by atoms with Crippen LogP contribution in [0.1, 0.15) is 18.4 Å². The molecule has 3 unspecified atom stereocenters. The molecular formula is C15H23ClN2O2S. The summed E-state index contributed by atoms with van der Waals surface area (Å²) in [5, 5.41) is 0. The van der Waals surface area contributed by atoms with Crippen LogP contribution in [0.2, 0.25) is 0 Å². The summed E-state index contributed by atoms with van der Waals surface area (Å²) in [5.41, 5.74) is 7.32. The summed E-state index contributed by atoms with van der Waals surface area (Å²) < 4.78 is 22.9. The van der Waals surface area contributed by atoms with E-state index in [1.54, 1.807) is 12.1 Å². The molecule has 118 valence electrons.